The van der Waals surface area contributed by atoms with Crippen molar-refractivity contribution in [2.75, 3.05) is 19.7 Å². The molecule has 1 aliphatic rings. The van der Waals surface area contributed by atoms with Crippen molar-refractivity contribution in [2.45, 2.75) is 44.6 Å². The third-order valence-electron chi connectivity index (χ3n) is 4.12. The lowest BCUT2D eigenvalue weighted by Gasteiger charge is -2.33. The summed E-state index contributed by atoms with van der Waals surface area (Å²) in [6.45, 7) is 1.34. The van der Waals surface area contributed by atoms with E-state index in [1.807, 2.05) is 0 Å². The molecule has 0 spiro atoms. The summed E-state index contributed by atoms with van der Waals surface area (Å²) in [6.07, 6.45) is 7.43. The van der Waals surface area contributed by atoms with Gasteiger partial charge in [0.15, 0.2) is 5.78 Å². The minimum atomic E-state index is -0.435. The number of hydrogen-bond acceptors (Lipinski definition) is 4. The highest BCUT2D eigenvalue weighted by Gasteiger charge is 2.21. The molecule has 0 radical (unpaired) electrons. The summed E-state index contributed by atoms with van der Waals surface area (Å²) in [5, 5.41) is 9.20. The number of pyridine rings is 1. The SMILES string of the molecule is O=C(CCN(CCO)C1CCCCC1)c1ccc(F)cn1. The molecular weight excluding hydrogens is 271 g/mol. The first-order valence-corrected chi connectivity index (χ1v) is 7.70. The minimum absolute atomic E-state index is 0.0752. The van der Waals surface area contributed by atoms with Gasteiger partial charge < -0.3 is 5.11 Å². The van der Waals surface area contributed by atoms with Gasteiger partial charge in [-0.3, -0.25) is 14.7 Å². The highest BCUT2D eigenvalue weighted by Crippen LogP contribution is 2.22. The quantitative estimate of drug-likeness (QED) is 0.785. The van der Waals surface area contributed by atoms with Crippen LogP contribution in [0.5, 0.6) is 0 Å². The van der Waals surface area contributed by atoms with E-state index in [1.54, 1.807) is 0 Å². The molecular formula is C16H23FN2O2. The van der Waals surface area contributed by atoms with Gasteiger partial charge in [-0.25, -0.2) is 4.39 Å². The van der Waals surface area contributed by atoms with Crippen molar-refractivity contribution in [3.63, 3.8) is 0 Å². The minimum Gasteiger partial charge on any atom is -0.395 e. The summed E-state index contributed by atoms with van der Waals surface area (Å²) in [5.74, 6) is -0.510. The number of aliphatic hydroxyl groups excluding tert-OH is 1. The van der Waals surface area contributed by atoms with E-state index in [0.29, 0.717) is 31.2 Å². The van der Waals surface area contributed by atoms with E-state index < -0.39 is 5.82 Å². The smallest absolute Gasteiger partial charge is 0.182 e. The Hall–Kier alpha value is -1.33. The number of nitrogens with zero attached hydrogens (tertiary/aromatic N) is 2. The van der Waals surface area contributed by atoms with E-state index in [9.17, 15) is 14.3 Å². The van der Waals surface area contributed by atoms with E-state index >= 15 is 0 Å². The second-order valence-electron chi connectivity index (χ2n) is 5.59. The van der Waals surface area contributed by atoms with Crippen LogP contribution in [0.3, 0.4) is 0 Å². The van der Waals surface area contributed by atoms with Crippen molar-refractivity contribution in [1.82, 2.24) is 9.88 Å². The fraction of sp³-hybridized carbons (Fsp3) is 0.625. The molecule has 1 aromatic heterocycles. The number of carbonyl (C=O) groups is 1. The Morgan fingerprint density at radius 1 is 1.29 bits per heavy atom. The molecule has 0 bridgehead atoms. The lowest BCUT2D eigenvalue weighted by molar-refractivity contribution is 0.0899. The Morgan fingerprint density at radius 2 is 2.05 bits per heavy atom. The first kappa shape index (κ1) is 16.0. The van der Waals surface area contributed by atoms with Crippen LogP contribution in [-0.4, -0.2) is 46.5 Å². The Balaban J connectivity index is 1.88. The van der Waals surface area contributed by atoms with E-state index in [0.717, 1.165) is 19.0 Å². The number of aliphatic hydroxyl groups is 1. The van der Waals surface area contributed by atoms with Crippen LogP contribution in [0.1, 0.15) is 49.0 Å². The molecule has 5 heteroatoms. The van der Waals surface area contributed by atoms with Gasteiger partial charge in [0.1, 0.15) is 11.5 Å². The van der Waals surface area contributed by atoms with E-state index in [2.05, 4.69) is 9.88 Å². The van der Waals surface area contributed by atoms with Crippen molar-refractivity contribution >= 4 is 5.78 Å². The third kappa shape index (κ3) is 4.86. The summed E-state index contributed by atoms with van der Waals surface area (Å²) in [7, 11) is 0. The molecule has 0 aliphatic heterocycles. The molecule has 0 aromatic carbocycles. The average Bonchev–Trinajstić information content (AvgIpc) is 2.52. The highest BCUT2D eigenvalue weighted by molar-refractivity contribution is 5.94. The molecule has 1 heterocycles. The zero-order chi connectivity index (χ0) is 15.1. The number of rotatable bonds is 7. The monoisotopic (exact) mass is 294 g/mol. The number of hydrogen-bond donors (Lipinski definition) is 1. The zero-order valence-electron chi connectivity index (χ0n) is 12.3. The lowest BCUT2D eigenvalue weighted by atomic mass is 9.94. The maximum Gasteiger partial charge on any atom is 0.182 e. The predicted molar refractivity (Wildman–Crippen MR) is 78.7 cm³/mol. The second kappa shape index (κ2) is 8.20. The van der Waals surface area contributed by atoms with E-state index in [4.69, 9.17) is 0 Å². The van der Waals surface area contributed by atoms with Crippen molar-refractivity contribution in [3.05, 3.63) is 29.8 Å². The van der Waals surface area contributed by atoms with Gasteiger partial charge in [-0.2, -0.15) is 0 Å². The van der Waals surface area contributed by atoms with Gasteiger partial charge in [0.05, 0.1) is 12.8 Å². The normalized spacial score (nSPS) is 16.3. The van der Waals surface area contributed by atoms with Crippen LogP contribution >= 0.6 is 0 Å². The summed E-state index contributed by atoms with van der Waals surface area (Å²) in [5.41, 5.74) is 0.309. The number of ketones is 1. The Morgan fingerprint density at radius 3 is 2.67 bits per heavy atom. The Labute approximate surface area is 125 Å². The molecule has 116 valence electrons. The van der Waals surface area contributed by atoms with Crippen molar-refractivity contribution in [2.24, 2.45) is 0 Å². The topological polar surface area (TPSA) is 53.4 Å². The molecule has 1 aliphatic carbocycles. The maximum atomic E-state index is 12.8. The molecule has 0 unspecified atom stereocenters. The van der Waals surface area contributed by atoms with Gasteiger partial charge in [0, 0.05) is 25.6 Å². The fourth-order valence-corrected chi connectivity index (χ4v) is 2.97. The summed E-state index contributed by atoms with van der Waals surface area (Å²) >= 11 is 0. The molecule has 0 amide bonds. The van der Waals surface area contributed by atoms with Crippen LogP contribution in [-0.2, 0) is 0 Å². The van der Waals surface area contributed by atoms with Crippen LogP contribution in [0.4, 0.5) is 4.39 Å². The molecule has 2 rings (SSSR count). The third-order valence-corrected chi connectivity index (χ3v) is 4.12. The molecule has 0 atom stereocenters. The van der Waals surface area contributed by atoms with E-state index in [1.165, 1.54) is 31.4 Å². The first-order chi connectivity index (χ1) is 10.2. The van der Waals surface area contributed by atoms with Gasteiger partial charge in [-0.15, -0.1) is 0 Å². The Bertz CT molecular complexity index is 444. The largest absolute Gasteiger partial charge is 0.395 e. The number of carbonyl (C=O) groups excluding carboxylic acids is 1. The van der Waals surface area contributed by atoms with Gasteiger partial charge in [-0.1, -0.05) is 19.3 Å². The number of halogens is 1. The van der Waals surface area contributed by atoms with E-state index in [-0.39, 0.29) is 12.4 Å². The molecule has 1 fully saturated rings. The average molecular weight is 294 g/mol. The Kier molecular flexibility index (Phi) is 6.26. The van der Waals surface area contributed by atoms with Gasteiger partial charge in [0.2, 0.25) is 0 Å². The van der Waals surface area contributed by atoms with Crippen molar-refractivity contribution in [1.29, 1.82) is 0 Å². The standard InChI is InChI=1S/C16H23FN2O2/c17-13-6-7-15(18-12-13)16(21)8-9-19(10-11-20)14-4-2-1-3-5-14/h6-7,12,14,20H,1-5,8-11H2. The fourth-order valence-electron chi connectivity index (χ4n) is 2.97. The van der Waals surface area contributed by atoms with Crippen molar-refractivity contribution < 1.29 is 14.3 Å². The first-order valence-electron chi connectivity index (χ1n) is 7.70. The molecule has 0 saturated heterocycles. The number of Topliss-reactive ketones (excluding diaryl/α,β-unsaturated/α-hetero) is 1. The van der Waals surface area contributed by atoms with Crippen LogP contribution in [0.2, 0.25) is 0 Å². The molecule has 21 heavy (non-hydrogen) atoms. The maximum absolute atomic E-state index is 12.8. The zero-order valence-corrected chi connectivity index (χ0v) is 12.3. The van der Waals surface area contributed by atoms with Crippen LogP contribution in [0.15, 0.2) is 18.3 Å². The molecule has 1 saturated carbocycles. The summed E-state index contributed by atoms with van der Waals surface area (Å²) in [6, 6.07) is 3.15. The lowest BCUT2D eigenvalue weighted by Crippen LogP contribution is -2.40. The predicted octanol–water partition coefficient (Wildman–Crippen LogP) is 2.42. The summed E-state index contributed by atoms with van der Waals surface area (Å²) in [4.78, 5) is 18.1. The van der Waals surface area contributed by atoms with Crippen LogP contribution in [0.25, 0.3) is 0 Å². The van der Waals surface area contributed by atoms with Crippen LogP contribution < -0.4 is 0 Å². The second-order valence-corrected chi connectivity index (χ2v) is 5.59. The molecule has 1 aromatic rings. The van der Waals surface area contributed by atoms with Crippen LogP contribution in [0, 0.1) is 5.82 Å². The van der Waals surface area contributed by atoms with Gasteiger partial charge in [-0.05, 0) is 25.0 Å². The van der Waals surface area contributed by atoms with Gasteiger partial charge >= 0.3 is 0 Å². The summed E-state index contributed by atoms with van der Waals surface area (Å²) < 4.78 is 12.8. The molecule has 4 nitrogen and oxygen atoms in total. The highest BCUT2D eigenvalue weighted by atomic mass is 19.1. The van der Waals surface area contributed by atoms with Crippen molar-refractivity contribution in [3.8, 4) is 0 Å². The number of aromatic nitrogens is 1. The molecule has 1 N–H and O–H groups in total. The van der Waals surface area contributed by atoms with Gasteiger partial charge in [0.25, 0.3) is 0 Å².